The van der Waals surface area contributed by atoms with Crippen LogP contribution < -0.4 is 10.5 Å². The molecule has 2 N–H and O–H groups in total. The highest BCUT2D eigenvalue weighted by molar-refractivity contribution is 5.62. The first-order chi connectivity index (χ1) is 19.2. The molecule has 6 heteroatoms. The molecule has 2 aromatic carbocycles. The molecule has 5 nitrogen and oxygen atoms in total. The maximum atomic E-state index is 13.6. The molecule has 40 heavy (non-hydrogen) atoms. The number of halogens is 1. The number of rotatable bonds is 7. The molecular formula is C34H43FN4O. The number of anilines is 1. The largest absolute Gasteiger partial charge is 0.491 e. The van der Waals surface area contributed by atoms with Gasteiger partial charge in [0.15, 0.2) is 0 Å². The Kier molecular flexibility index (Phi) is 11.1. The van der Waals surface area contributed by atoms with Crippen LogP contribution in [-0.4, -0.2) is 28.0 Å². The molecule has 1 aliphatic heterocycles. The van der Waals surface area contributed by atoms with E-state index >= 15 is 0 Å². The van der Waals surface area contributed by atoms with Gasteiger partial charge in [-0.3, -0.25) is 4.98 Å². The molecule has 2 heterocycles. The van der Waals surface area contributed by atoms with Crippen molar-refractivity contribution in [3.63, 3.8) is 0 Å². The fraction of sp³-hybridized carbons (Fsp3) is 0.353. The Labute approximate surface area is 239 Å². The number of hydrogen-bond acceptors (Lipinski definition) is 5. The van der Waals surface area contributed by atoms with E-state index in [1.54, 1.807) is 30.6 Å². The minimum Gasteiger partial charge on any atom is -0.491 e. The van der Waals surface area contributed by atoms with Crippen LogP contribution in [0.1, 0.15) is 59.1 Å². The van der Waals surface area contributed by atoms with Gasteiger partial charge in [0.05, 0.1) is 24.6 Å². The van der Waals surface area contributed by atoms with Gasteiger partial charge in [0.2, 0.25) is 0 Å². The molecule has 0 amide bonds. The van der Waals surface area contributed by atoms with Crippen molar-refractivity contribution in [3.05, 3.63) is 107 Å². The maximum absolute atomic E-state index is 13.6. The first-order valence-electron chi connectivity index (χ1n) is 14.0. The molecule has 0 saturated heterocycles. The number of nitrogen functional groups attached to an aromatic ring is 1. The summed E-state index contributed by atoms with van der Waals surface area (Å²) in [5.41, 5.74) is 14.9. The summed E-state index contributed by atoms with van der Waals surface area (Å²) in [5.74, 6) is 1.44. The number of nitrogens with two attached hydrogens (primary N) is 1. The van der Waals surface area contributed by atoms with Crippen LogP contribution in [0.2, 0.25) is 0 Å². The lowest BCUT2D eigenvalue weighted by atomic mass is 9.88. The molecule has 0 bridgehead atoms. The van der Waals surface area contributed by atoms with E-state index in [4.69, 9.17) is 10.5 Å². The van der Waals surface area contributed by atoms with Gasteiger partial charge in [-0.05, 0) is 93.5 Å². The van der Waals surface area contributed by atoms with Crippen molar-refractivity contribution >= 4 is 5.82 Å². The van der Waals surface area contributed by atoms with Gasteiger partial charge in [0.1, 0.15) is 24.0 Å². The van der Waals surface area contributed by atoms with E-state index in [9.17, 15) is 4.39 Å². The molecule has 0 radical (unpaired) electrons. The van der Waals surface area contributed by atoms with Gasteiger partial charge in [0, 0.05) is 23.4 Å². The van der Waals surface area contributed by atoms with Crippen LogP contribution in [0.4, 0.5) is 10.2 Å². The number of hydrogen-bond donors (Lipinski definition) is 1. The molecule has 1 unspecified atom stereocenters. The lowest BCUT2D eigenvalue weighted by molar-refractivity contribution is 0.244. The van der Waals surface area contributed by atoms with Crippen molar-refractivity contribution in [1.29, 1.82) is 0 Å². The van der Waals surface area contributed by atoms with Gasteiger partial charge in [-0.25, -0.2) is 9.37 Å². The monoisotopic (exact) mass is 542 g/mol. The van der Waals surface area contributed by atoms with Gasteiger partial charge in [0.25, 0.3) is 0 Å². The minimum atomic E-state index is -0.210. The van der Waals surface area contributed by atoms with Crippen LogP contribution in [0, 0.1) is 11.7 Å². The first-order valence-corrected chi connectivity index (χ1v) is 14.0. The van der Waals surface area contributed by atoms with Gasteiger partial charge in [-0.2, -0.15) is 0 Å². The Morgan fingerprint density at radius 2 is 1.82 bits per heavy atom. The van der Waals surface area contributed by atoms with E-state index in [-0.39, 0.29) is 5.82 Å². The highest BCUT2D eigenvalue weighted by Crippen LogP contribution is 2.35. The smallest absolute Gasteiger partial charge is 0.141 e. The zero-order valence-corrected chi connectivity index (χ0v) is 24.8. The topological polar surface area (TPSA) is 64.3 Å². The lowest BCUT2D eigenvalue weighted by Crippen LogP contribution is -2.30. The standard InChI is InChI=1S/C31H37FN4O.C3H6/c1-6-21(4)31(27(22(5)20(2)3)15-23-7-10-26(32)11-8-23)36-13-14-37-29-12-9-24(16-25(29)19-36)28-17-35-30(33)18-34-28;1-3-2/h7-12,16-18,21H,6,13-15,19H2,1-5H3,(H2,33,35);3H,1H2,2H3/b31-27+;. The highest BCUT2D eigenvalue weighted by atomic mass is 19.1. The van der Waals surface area contributed by atoms with Crippen molar-refractivity contribution in [2.24, 2.45) is 5.92 Å². The molecule has 4 rings (SSSR count). The zero-order chi connectivity index (χ0) is 29.2. The number of ether oxygens (including phenoxy) is 1. The summed E-state index contributed by atoms with van der Waals surface area (Å²) in [6.45, 7) is 18.4. The Morgan fingerprint density at radius 1 is 1.12 bits per heavy atom. The Morgan fingerprint density at radius 3 is 2.42 bits per heavy atom. The van der Waals surface area contributed by atoms with Crippen LogP contribution in [0.25, 0.3) is 11.3 Å². The third kappa shape index (κ3) is 7.81. The minimum absolute atomic E-state index is 0.210. The van der Waals surface area contributed by atoms with E-state index in [1.165, 1.54) is 22.4 Å². The third-order valence-corrected chi connectivity index (χ3v) is 7.23. The third-order valence-electron chi connectivity index (χ3n) is 7.23. The van der Waals surface area contributed by atoms with Crippen molar-refractivity contribution in [2.75, 3.05) is 18.9 Å². The normalized spacial score (nSPS) is 13.9. The first kappa shape index (κ1) is 30.6. The van der Waals surface area contributed by atoms with Gasteiger partial charge in [-0.15, -0.1) is 6.58 Å². The molecule has 0 saturated carbocycles. The van der Waals surface area contributed by atoms with Crippen molar-refractivity contribution < 1.29 is 9.13 Å². The van der Waals surface area contributed by atoms with E-state index in [0.29, 0.717) is 18.3 Å². The predicted molar refractivity (Wildman–Crippen MR) is 164 cm³/mol. The predicted octanol–water partition coefficient (Wildman–Crippen LogP) is 8.15. The Bertz CT molecular complexity index is 1340. The van der Waals surface area contributed by atoms with E-state index in [2.05, 4.69) is 62.1 Å². The second kappa shape index (κ2) is 14.5. The van der Waals surface area contributed by atoms with Gasteiger partial charge >= 0.3 is 0 Å². The average Bonchev–Trinajstić information content (AvgIpc) is 3.15. The molecule has 1 aromatic heterocycles. The summed E-state index contributed by atoms with van der Waals surface area (Å²) in [5, 5.41) is 0. The number of allylic oxidation sites excluding steroid dienone is 5. The summed E-state index contributed by atoms with van der Waals surface area (Å²) < 4.78 is 19.8. The van der Waals surface area contributed by atoms with Crippen LogP contribution in [0.5, 0.6) is 5.75 Å². The molecule has 1 atom stereocenters. The number of nitrogens with zero attached hydrogens (tertiary/aromatic N) is 3. The highest BCUT2D eigenvalue weighted by Gasteiger charge is 2.25. The molecule has 1 aliphatic rings. The van der Waals surface area contributed by atoms with Crippen molar-refractivity contribution in [1.82, 2.24) is 14.9 Å². The van der Waals surface area contributed by atoms with Crippen LogP contribution in [-0.2, 0) is 13.0 Å². The van der Waals surface area contributed by atoms with E-state index < -0.39 is 0 Å². The van der Waals surface area contributed by atoms with Crippen LogP contribution >= 0.6 is 0 Å². The second-order valence-electron chi connectivity index (χ2n) is 10.4. The Balaban J connectivity index is 0.00000141. The van der Waals surface area contributed by atoms with Crippen LogP contribution in [0.15, 0.2) is 89.9 Å². The lowest BCUT2D eigenvalue weighted by Gasteiger charge is -2.33. The SMILES string of the molecule is C=CC.CCC(C)/C(=C(/Cc1ccc(F)cc1)C(C)=C(C)C)N1CCOc2ccc(-c3cnc(N)cn3)cc2C1. The fourth-order valence-corrected chi connectivity index (χ4v) is 4.76. The average molecular weight is 543 g/mol. The summed E-state index contributed by atoms with van der Waals surface area (Å²) in [4.78, 5) is 11.1. The van der Waals surface area contributed by atoms with E-state index in [1.807, 2.05) is 31.2 Å². The quantitative estimate of drug-likeness (QED) is 0.241. The van der Waals surface area contributed by atoms with Crippen LogP contribution in [0.3, 0.4) is 0 Å². The summed E-state index contributed by atoms with van der Waals surface area (Å²) in [7, 11) is 0. The molecule has 0 fully saturated rings. The molecule has 212 valence electrons. The number of fused-ring (bicyclic) bond motifs is 1. The van der Waals surface area contributed by atoms with E-state index in [0.717, 1.165) is 54.1 Å². The molecule has 0 spiro atoms. The zero-order valence-electron chi connectivity index (χ0n) is 24.8. The number of aromatic nitrogens is 2. The summed E-state index contributed by atoms with van der Waals surface area (Å²) in [6.07, 6.45) is 6.80. The van der Waals surface area contributed by atoms with Gasteiger partial charge < -0.3 is 15.4 Å². The second-order valence-corrected chi connectivity index (χ2v) is 10.4. The van der Waals surface area contributed by atoms with Crippen molar-refractivity contribution in [3.8, 4) is 17.0 Å². The summed E-state index contributed by atoms with van der Waals surface area (Å²) >= 11 is 0. The van der Waals surface area contributed by atoms with Gasteiger partial charge in [-0.1, -0.05) is 37.6 Å². The Hall–Kier alpha value is -3.93. The molecule has 3 aromatic rings. The summed E-state index contributed by atoms with van der Waals surface area (Å²) in [6, 6.07) is 13.1. The molecular weight excluding hydrogens is 499 g/mol. The van der Waals surface area contributed by atoms with Crippen molar-refractivity contribution in [2.45, 2.75) is 60.9 Å². The fourth-order valence-electron chi connectivity index (χ4n) is 4.76. The molecule has 0 aliphatic carbocycles. The maximum Gasteiger partial charge on any atom is 0.141 e. The number of benzene rings is 2.